The van der Waals surface area contributed by atoms with Crippen LogP contribution in [0.5, 0.6) is 0 Å². The minimum absolute atomic E-state index is 0.145. The third-order valence-corrected chi connectivity index (χ3v) is 4.94. The van der Waals surface area contributed by atoms with Crippen molar-refractivity contribution in [2.75, 3.05) is 13.1 Å². The van der Waals surface area contributed by atoms with Crippen LogP contribution in [-0.4, -0.2) is 63.5 Å². The second kappa shape index (κ2) is 8.47. The van der Waals surface area contributed by atoms with Crippen LogP contribution in [0.3, 0.4) is 0 Å². The molecule has 0 aliphatic heterocycles. The number of thiocarbonyl (C=S) groups is 1. The predicted molar refractivity (Wildman–Crippen MR) is 101 cm³/mol. The lowest BCUT2D eigenvalue weighted by Crippen LogP contribution is -2.39. The number of nitrogens with zero attached hydrogens (tertiary/aromatic N) is 9. The van der Waals surface area contributed by atoms with Gasteiger partial charge >= 0.3 is 0 Å². The van der Waals surface area contributed by atoms with Crippen molar-refractivity contribution in [2.24, 2.45) is 5.73 Å². The largest absolute Gasteiger partial charge is 0.376 e. The third kappa shape index (κ3) is 5.41. The molecule has 2 aromatic rings. The van der Waals surface area contributed by atoms with Gasteiger partial charge in [0.2, 0.25) is 0 Å². The number of nitrogens with two attached hydrogens (primary N) is 1. The summed E-state index contributed by atoms with van der Waals surface area (Å²) in [7, 11) is 0. The van der Waals surface area contributed by atoms with E-state index in [1.165, 1.54) is 0 Å². The molecular formula is C15H28N10S. The molecule has 0 aromatic carbocycles. The minimum Gasteiger partial charge on any atom is -0.376 e. The molecule has 0 fully saturated rings. The van der Waals surface area contributed by atoms with Crippen LogP contribution in [0, 0.1) is 0 Å². The Hall–Kier alpha value is -2.17. The molecule has 11 heteroatoms. The van der Waals surface area contributed by atoms with E-state index in [9.17, 15) is 0 Å². The average Bonchev–Trinajstić information content (AvgIpc) is 3.26. The van der Waals surface area contributed by atoms with E-state index in [0.717, 1.165) is 38.8 Å². The Labute approximate surface area is 159 Å². The smallest absolute Gasteiger partial charge is 0.166 e. The Kier molecular flexibility index (Phi) is 6.57. The standard InChI is InChI=1S/C15H28N10S/c1-14(2,24-11-17-19-21-24)7-5-9-23(13(16)26)10-6-8-15(3,4)25-12-18-20-22-25/h11-12H,5-10H2,1-4H3,(H2,16,26). The van der Waals surface area contributed by atoms with Crippen molar-refractivity contribution in [3.63, 3.8) is 0 Å². The zero-order chi connectivity index (χ0) is 19.2. The topological polar surface area (TPSA) is 116 Å². The van der Waals surface area contributed by atoms with Crippen molar-refractivity contribution in [2.45, 2.75) is 64.5 Å². The molecule has 2 N–H and O–H groups in total. The van der Waals surface area contributed by atoms with Crippen LogP contribution in [0.25, 0.3) is 0 Å². The normalized spacial score (nSPS) is 12.3. The first-order chi connectivity index (χ1) is 12.2. The Bertz CT molecular complexity index is 612. The molecule has 0 unspecified atom stereocenters. The second-order valence-corrected chi connectivity index (χ2v) is 8.08. The molecule has 0 atom stereocenters. The van der Waals surface area contributed by atoms with Crippen LogP contribution in [0.4, 0.5) is 0 Å². The second-order valence-electron chi connectivity index (χ2n) is 7.67. The maximum absolute atomic E-state index is 5.91. The van der Waals surface area contributed by atoms with Crippen molar-refractivity contribution in [1.82, 2.24) is 45.3 Å². The maximum Gasteiger partial charge on any atom is 0.166 e. The van der Waals surface area contributed by atoms with Crippen molar-refractivity contribution in [3.8, 4) is 0 Å². The van der Waals surface area contributed by atoms with Gasteiger partial charge in [-0.3, -0.25) is 0 Å². The summed E-state index contributed by atoms with van der Waals surface area (Å²) in [5.74, 6) is 0. The number of tetrazole rings is 2. The van der Waals surface area contributed by atoms with Crippen LogP contribution in [0.1, 0.15) is 53.4 Å². The van der Waals surface area contributed by atoms with Gasteiger partial charge in [-0.05, 0) is 86.4 Å². The van der Waals surface area contributed by atoms with Gasteiger partial charge in [0.25, 0.3) is 0 Å². The van der Waals surface area contributed by atoms with E-state index < -0.39 is 0 Å². The third-order valence-electron chi connectivity index (χ3n) is 4.68. The first-order valence-corrected chi connectivity index (χ1v) is 9.14. The summed E-state index contributed by atoms with van der Waals surface area (Å²) in [5.41, 5.74) is 5.62. The highest BCUT2D eigenvalue weighted by Gasteiger charge is 2.23. The molecule has 0 aliphatic carbocycles. The summed E-state index contributed by atoms with van der Waals surface area (Å²) in [6, 6.07) is 0. The Morgan fingerprint density at radius 1 is 0.923 bits per heavy atom. The monoisotopic (exact) mass is 380 g/mol. The molecule has 2 heterocycles. The highest BCUT2D eigenvalue weighted by molar-refractivity contribution is 7.80. The van der Waals surface area contributed by atoms with Gasteiger partial charge in [0.15, 0.2) is 5.11 Å². The highest BCUT2D eigenvalue weighted by atomic mass is 32.1. The van der Waals surface area contributed by atoms with Gasteiger partial charge < -0.3 is 10.6 Å². The first kappa shape index (κ1) is 20.1. The number of hydrogen-bond acceptors (Lipinski definition) is 7. The SMILES string of the molecule is CC(C)(CCCN(CCCC(C)(C)n1cnnn1)C(N)=S)n1cnnn1. The van der Waals surface area contributed by atoms with Crippen molar-refractivity contribution >= 4 is 17.3 Å². The van der Waals surface area contributed by atoms with E-state index in [-0.39, 0.29) is 11.1 Å². The van der Waals surface area contributed by atoms with Crippen molar-refractivity contribution in [1.29, 1.82) is 0 Å². The molecule has 0 spiro atoms. The van der Waals surface area contributed by atoms with E-state index in [1.807, 2.05) is 0 Å². The fourth-order valence-corrected chi connectivity index (χ4v) is 3.03. The molecule has 0 saturated carbocycles. The zero-order valence-electron chi connectivity index (χ0n) is 15.9. The summed E-state index contributed by atoms with van der Waals surface area (Å²) in [5, 5.41) is 23.3. The Balaban J connectivity index is 1.79. The lowest BCUT2D eigenvalue weighted by Gasteiger charge is -2.29. The predicted octanol–water partition coefficient (Wildman–Crippen LogP) is 0.936. The minimum atomic E-state index is -0.145. The van der Waals surface area contributed by atoms with Crippen molar-refractivity contribution < 1.29 is 0 Å². The van der Waals surface area contributed by atoms with Crippen LogP contribution in [0.2, 0.25) is 0 Å². The summed E-state index contributed by atoms with van der Waals surface area (Å²) >= 11 is 5.22. The van der Waals surface area contributed by atoms with Gasteiger partial charge in [0.1, 0.15) is 12.7 Å². The average molecular weight is 381 g/mol. The van der Waals surface area contributed by atoms with Crippen molar-refractivity contribution in [3.05, 3.63) is 12.7 Å². The molecule has 0 aliphatic rings. The van der Waals surface area contributed by atoms with E-state index >= 15 is 0 Å². The molecule has 2 aromatic heterocycles. The van der Waals surface area contributed by atoms with Gasteiger partial charge in [-0.15, -0.1) is 10.2 Å². The van der Waals surface area contributed by atoms with Gasteiger partial charge in [-0.1, -0.05) is 0 Å². The lowest BCUT2D eigenvalue weighted by atomic mass is 9.98. The van der Waals surface area contributed by atoms with Crippen LogP contribution >= 0.6 is 12.2 Å². The van der Waals surface area contributed by atoms with Gasteiger partial charge in [0, 0.05) is 13.1 Å². The number of rotatable bonds is 10. The van der Waals surface area contributed by atoms with E-state index in [1.54, 1.807) is 22.0 Å². The zero-order valence-corrected chi connectivity index (χ0v) is 16.7. The van der Waals surface area contributed by atoms with Crippen LogP contribution in [-0.2, 0) is 11.1 Å². The fraction of sp³-hybridized carbons (Fsp3) is 0.800. The molecule has 26 heavy (non-hydrogen) atoms. The molecule has 0 radical (unpaired) electrons. The summed E-state index contributed by atoms with van der Waals surface area (Å²) in [4.78, 5) is 2.06. The van der Waals surface area contributed by atoms with E-state index in [4.69, 9.17) is 18.0 Å². The van der Waals surface area contributed by atoms with Gasteiger partial charge in [0.05, 0.1) is 11.1 Å². The number of hydrogen-bond donors (Lipinski definition) is 1. The molecule has 10 nitrogen and oxygen atoms in total. The summed E-state index contributed by atoms with van der Waals surface area (Å²) in [6.45, 7) is 10.1. The molecule has 0 saturated heterocycles. The Morgan fingerprint density at radius 3 is 1.65 bits per heavy atom. The molecular weight excluding hydrogens is 352 g/mol. The van der Waals surface area contributed by atoms with Crippen LogP contribution in [0.15, 0.2) is 12.7 Å². The quantitative estimate of drug-likeness (QED) is 0.601. The molecule has 0 bridgehead atoms. The summed E-state index contributed by atoms with van der Waals surface area (Å²) in [6.07, 6.45) is 7.03. The van der Waals surface area contributed by atoms with Gasteiger partial charge in [-0.2, -0.15) is 0 Å². The highest BCUT2D eigenvalue weighted by Crippen LogP contribution is 2.21. The molecule has 2 rings (SSSR count). The van der Waals surface area contributed by atoms with Crippen LogP contribution < -0.4 is 5.73 Å². The first-order valence-electron chi connectivity index (χ1n) is 8.74. The fourth-order valence-electron chi connectivity index (χ4n) is 2.84. The maximum atomic E-state index is 5.91. The Morgan fingerprint density at radius 2 is 1.35 bits per heavy atom. The number of aromatic nitrogens is 8. The summed E-state index contributed by atoms with van der Waals surface area (Å²) < 4.78 is 3.57. The lowest BCUT2D eigenvalue weighted by molar-refractivity contribution is 0.252. The molecule has 0 amide bonds. The van der Waals surface area contributed by atoms with E-state index in [0.29, 0.717) is 5.11 Å². The van der Waals surface area contributed by atoms with Gasteiger partial charge in [-0.25, -0.2) is 9.36 Å². The molecule has 144 valence electrons. The van der Waals surface area contributed by atoms with E-state index in [2.05, 4.69) is 63.6 Å².